The number of para-hydroxylation sites is 1. The van der Waals surface area contributed by atoms with Crippen LogP contribution in [-0.2, 0) is 0 Å². The maximum atomic E-state index is 13.0. The summed E-state index contributed by atoms with van der Waals surface area (Å²) in [6.07, 6.45) is 0. The third kappa shape index (κ3) is 2.19. The highest BCUT2D eigenvalue weighted by Gasteiger charge is 2.10. The van der Waals surface area contributed by atoms with Crippen LogP contribution < -0.4 is 5.43 Å². The van der Waals surface area contributed by atoms with Crippen LogP contribution in [0.2, 0.25) is 0 Å². The number of rotatable bonds is 1. The monoisotopic (exact) mass is 309 g/mol. The van der Waals surface area contributed by atoms with Crippen molar-refractivity contribution in [2.24, 2.45) is 0 Å². The highest BCUT2D eigenvalue weighted by Crippen LogP contribution is 2.25. The highest BCUT2D eigenvalue weighted by molar-refractivity contribution is 5.96. The van der Waals surface area contributed by atoms with Crippen LogP contribution in [0.15, 0.2) is 77.6 Å². The fraction of sp³-hybridized carbons (Fsp3) is 0.0455. The molecule has 4 aromatic rings. The van der Waals surface area contributed by atoms with E-state index in [1.807, 2.05) is 77.4 Å². The molecule has 1 aromatic heterocycles. The van der Waals surface area contributed by atoms with Gasteiger partial charge in [0.25, 0.3) is 0 Å². The average Bonchev–Trinajstić information content (AvgIpc) is 2.65. The third-order valence-electron chi connectivity index (χ3n) is 4.20. The number of hydrogen-bond acceptors (Lipinski definition) is 1. The number of pyridine rings is 1. The van der Waals surface area contributed by atoms with Crippen molar-refractivity contribution in [3.63, 3.8) is 0 Å². The Kier molecular flexibility index (Phi) is 3.40. The molecule has 1 heterocycles. The van der Waals surface area contributed by atoms with E-state index in [2.05, 4.69) is 12.0 Å². The van der Waals surface area contributed by atoms with Gasteiger partial charge in [-0.1, -0.05) is 54.5 Å². The van der Waals surface area contributed by atoms with E-state index in [1.165, 1.54) is 0 Å². The summed E-state index contributed by atoms with van der Waals surface area (Å²) >= 11 is 0. The van der Waals surface area contributed by atoms with Crippen molar-refractivity contribution in [3.05, 3.63) is 83.0 Å². The SMILES string of the molecule is CC#Cn1c2ccccc2c(=O)c2cc(-c3ccccc3)ccc21. The first-order valence-corrected chi connectivity index (χ1v) is 7.85. The molecule has 2 nitrogen and oxygen atoms in total. The van der Waals surface area contributed by atoms with E-state index < -0.39 is 0 Å². The zero-order chi connectivity index (χ0) is 16.5. The second-order valence-electron chi connectivity index (χ2n) is 5.64. The first-order chi connectivity index (χ1) is 11.8. The minimum Gasteiger partial charge on any atom is -0.288 e. The van der Waals surface area contributed by atoms with Crippen LogP contribution in [0.4, 0.5) is 0 Å². The van der Waals surface area contributed by atoms with Gasteiger partial charge in [-0.05, 0) is 42.3 Å². The lowest BCUT2D eigenvalue weighted by atomic mass is 10.0. The summed E-state index contributed by atoms with van der Waals surface area (Å²) in [6.45, 7) is 1.80. The summed E-state index contributed by atoms with van der Waals surface area (Å²) in [5, 5.41) is 1.38. The van der Waals surface area contributed by atoms with Crippen LogP contribution in [0, 0.1) is 12.0 Å². The zero-order valence-electron chi connectivity index (χ0n) is 13.3. The van der Waals surface area contributed by atoms with Crippen LogP contribution in [0.3, 0.4) is 0 Å². The van der Waals surface area contributed by atoms with Gasteiger partial charge in [-0.3, -0.25) is 9.36 Å². The fourth-order valence-electron chi connectivity index (χ4n) is 3.09. The van der Waals surface area contributed by atoms with Gasteiger partial charge in [0.2, 0.25) is 0 Å². The van der Waals surface area contributed by atoms with E-state index in [4.69, 9.17) is 0 Å². The minimum atomic E-state index is 0.0486. The molecule has 0 unspecified atom stereocenters. The van der Waals surface area contributed by atoms with Crippen LogP contribution in [0.1, 0.15) is 6.92 Å². The lowest BCUT2D eigenvalue weighted by Crippen LogP contribution is -2.09. The van der Waals surface area contributed by atoms with Crippen molar-refractivity contribution < 1.29 is 0 Å². The van der Waals surface area contributed by atoms with E-state index in [0.29, 0.717) is 10.8 Å². The van der Waals surface area contributed by atoms with E-state index >= 15 is 0 Å². The van der Waals surface area contributed by atoms with Crippen LogP contribution in [0.5, 0.6) is 0 Å². The van der Waals surface area contributed by atoms with Crippen LogP contribution in [0.25, 0.3) is 32.9 Å². The van der Waals surface area contributed by atoms with Gasteiger partial charge < -0.3 is 0 Å². The smallest absolute Gasteiger partial charge is 0.197 e. The van der Waals surface area contributed by atoms with Gasteiger partial charge in [-0.15, -0.1) is 0 Å². The maximum Gasteiger partial charge on any atom is 0.197 e. The van der Waals surface area contributed by atoms with Crippen molar-refractivity contribution in [1.29, 1.82) is 0 Å². The Bertz CT molecular complexity index is 1170. The lowest BCUT2D eigenvalue weighted by Gasteiger charge is -2.10. The molecule has 0 aliphatic rings. The standard InChI is InChI=1S/C22H15NO/c1-2-14-23-20-11-7-6-10-18(20)22(24)19-15-17(12-13-21(19)23)16-8-4-3-5-9-16/h3-13,15H,1H3. The molecule has 4 rings (SSSR count). The number of nitrogens with zero attached hydrogens (tertiary/aromatic N) is 1. The number of fused-ring (bicyclic) bond motifs is 2. The van der Waals surface area contributed by atoms with Crippen molar-refractivity contribution in [2.75, 3.05) is 0 Å². The molecule has 114 valence electrons. The Morgan fingerprint density at radius 3 is 2.25 bits per heavy atom. The minimum absolute atomic E-state index is 0.0486. The molecule has 0 aliphatic heterocycles. The lowest BCUT2D eigenvalue weighted by molar-refractivity contribution is 1.23. The van der Waals surface area contributed by atoms with Crippen LogP contribution >= 0.6 is 0 Å². The molecule has 0 fully saturated rings. The van der Waals surface area contributed by atoms with Crippen molar-refractivity contribution in [3.8, 4) is 23.1 Å². The molecule has 0 spiro atoms. The van der Waals surface area contributed by atoms with Gasteiger partial charge in [0.15, 0.2) is 5.43 Å². The van der Waals surface area contributed by atoms with Crippen molar-refractivity contribution in [1.82, 2.24) is 4.57 Å². The second-order valence-corrected chi connectivity index (χ2v) is 5.64. The summed E-state index contributed by atoms with van der Waals surface area (Å²) in [7, 11) is 0. The zero-order valence-corrected chi connectivity index (χ0v) is 13.3. The quantitative estimate of drug-likeness (QED) is 0.370. The molecule has 0 saturated carbocycles. The molecule has 0 aliphatic carbocycles. The highest BCUT2D eigenvalue weighted by atomic mass is 16.1. The predicted molar refractivity (Wildman–Crippen MR) is 100.0 cm³/mol. The van der Waals surface area contributed by atoms with Gasteiger partial charge in [0, 0.05) is 16.8 Å². The molecule has 24 heavy (non-hydrogen) atoms. The first-order valence-electron chi connectivity index (χ1n) is 7.85. The fourth-order valence-corrected chi connectivity index (χ4v) is 3.09. The van der Waals surface area contributed by atoms with Gasteiger partial charge in [0.1, 0.15) is 0 Å². The Hall–Kier alpha value is -3.31. The first kappa shape index (κ1) is 14.3. The summed E-state index contributed by atoms with van der Waals surface area (Å²) in [4.78, 5) is 13.0. The average molecular weight is 309 g/mol. The Morgan fingerprint density at radius 2 is 1.46 bits per heavy atom. The third-order valence-corrected chi connectivity index (χ3v) is 4.20. The van der Waals surface area contributed by atoms with Crippen LogP contribution in [-0.4, -0.2) is 4.57 Å². The molecule has 0 radical (unpaired) electrons. The Balaban J connectivity index is 2.14. The molecule has 0 saturated heterocycles. The predicted octanol–water partition coefficient (Wildman–Crippen LogP) is 4.65. The normalized spacial score (nSPS) is 10.5. The number of aromatic nitrogens is 1. The molecule has 0 atom stereocenters. The molecular formula is C22H15NO. The molecular weight excluding hydrogens is 294 g/mol. The van der Waals surface area contributed by atoms with E-state index in [9.17, 15) is 4.79 Å². The maximum absolute atomic E-state index is 13.0. The molecule has 2 heteroatoms. The largest absolute Gasteiger partial charge is 0.288 e. The van der Waals surface area contributed by atoms with E-state index in [0.717, 1.165) is 22.2 Å². The van der Waals surface area contributed by atoms with Gasteiger partial charge >= 0.3 is 0 Å². The number of benzene rings is 3. The summed E-state index contributed by atoms with van der Waals surface area (Å²) in [6, 6.07) is 26.8. The van der Waals surface area contributed by atoms with Gasteiger partial charge in [0.05, 0.1) is 11.0 Å². The van der Waals surface area contributed by atoms with Gasteiger partial charge in [-0.2, -0.15) is 0 Å². The Morgan fingerprint density at radius 1 is 0.750 bits per heavy atom. The number of hydrogen-bond donors (Lipinski definition) is 0. The summed E-state index contributed by atoms with van der Waals surface area (Å²) in [5.41, 5.74) is 3.86. The Labute approximate surface area is 140 Å². The van der Waals surface area contributed by atoms with Gasteiger partial charge in [-0.25, -0.2) is 0 Å². The second kappa shape index (κ2) is 5.72. The molecule has 0 bridgehead atoms. The molecule has 3 aromatic carbocycles. The van der Waals surface area contributed by atoms with E-state index in [-0.39, 0.29) is 5.43 Å². The molecule has 0 amide bonds. The van der Waals surface area contributed by atoms with Crippen molar-refractivity contribution in [2.45, 2.75) is 6.92 Å². The summed E-state index contributed by atoms with van der Waals surface area (Å²) in [5.74, 6) is 2.94. The van der Waals surface area contributed by atoms with Crippen molar-refractivity contribution >= 4 is 21.8 Å². The molecule has 0 N–H and O–H groups in total. The topological polar surface area (TPSA) is 22.0 Å². The van der Waals surface area contributed by atoms with E-state index in [1.54, 1.807) is 6.92 Å². The summed E-state index contributed by atoms with van der Waals surface area (Å²) < 4.78 is 1.90.